The first-order valence-electron chi connectivity index (χ1n) is 7.48. The van der Waals surface area contributed by atoms with E-state index in [2.05, 4.69) is 53.8 Å². The molecule has 1 heterocycles. The van der Waals surface area contributed by atoms with Crippen LogP contribution in [0.15, 0.2) is 24.3 Å². The van der Waals surface area contributed by atoms with Gasteiger partial charge in [0.15, 0.2) is 0 Å². The van der Waals surface area contributed by atoms with Gasteiger partial charge >= 0.3 is 0 Å². The van der Waals surface area contributed by atoms with Crippen LogP contribution in [0, 0.1) is 0 Å². The van der Waals surface area contributed by atoms with E-state index in [1.165, 1.54) is 24.0 Å². The highest BCUT2D eigenvalue weighted by Gasteiger charge is 2.15. The predicted molar refractivity (Wildman–Crippen MR) is 81.4 cm³/mol. The molecular formula is C16H27N3. The molecule has 1 aliphatic rings. The maximum absolute atomic E-state index is 3.56. The number of likely N-dealkylation sites (N-methyl/N-ethyl adjacent to an activating group) is 1. The van der Waals surface area contributed by atoms with Gasteiger partial charge in [0.2, 0.25) is 0 Å². The van der Waals surface area contributed by atoms with E-state index in [1.54, 1.807) is 0 Å². The van der Waals surface area contributed by atoms with E-state index >= 15 is 0 Å². The highest BCUT2D eigenvalue weighted by Crippen LogP contribution is 2.06. The monoisotopic (exact) mass is 261 g/mol. The molecule has 3 heteroatoms. The van der Waals surface area contributed by atoms with Crippen LogP contribution in [0.3, 0.4) is 0 Å². The lowest BCUT2D eigenvalue weighted by Gasteiger charge is -2.31. The Morgan fingerprint density at radius 1 is 1.26 bits per heavy atom. The molecule has 1 saturated heterocycles. The van der Waals surface area contributed by atoms with Crippen LogP contribution in [-0.4, -0.2) is 44.2 Å². The van der Waals surface area contributed by atoms with Crippen LogP contribution in [0.5, 0.6) is 0 Å². The van der Waals surface area contributed by atoms with Gasteiger partial charge in [0.1, 0.15) is 0 Å². The molecule has 0 saturated carbocycles. The summed E-state index contributed by atoms with van der Waals surface area (Å²) in [4.78, 5) is 2.39. The van der Waals surface area contributed by atoms with Gasteiger partial charge in [-0.05, 0) is 24.6 Å². The van der Waals surface area contributed by atoms with Crippen molar-refractivity contribution in [1.82, 2.24) is 15.5 Å². The topological polar surface area (TPSA) is 27.3 Å². The molecule has 1 aromatic rings. The molecule has 0 bridgehead atoms. The maximum atomic E-state index is 3.56. The molecule has 1 aromatic carbocycles. The Morgan fingerprint density at radius 2 is 2.00 bits per heavy atom. The Kier molecular flexibility index (Phi) is 5.83. The first kappa shape index (κ1) is 14.5. The first-order chi connectivity index (χ1) is 9.28. The van der Waals surface area contributed by atoms with E-state index in [0.717, 1.165) is 32.7 Å². The van der Waals surface area contributed by atoms with Crippen molar-refractivity contribution >= 4 is 0 Å². The summed E-state index contributed by atoms with van der Waals surface area (Å²) >= 11 is 0. The zero-order chi connectivity index (χ0) is 13.5. The molecular weight excluding hydrogens is 234 g/mol. The zero-order valence-electron chi connectivity index (χ0n) is 12.3. The molecule has 2 N–H and O–H groups in total. The Bertz CT molecular complexity index is 361. The number of hydrogen-bond donors (Lipinski definition) is 2. The fourth-order valence-corrected chi connectivity index (χ4v) is 2.63. The Labute approximate surface area is 117 Å². The number of rotatable bonds is 6. The van der Waals surface area contributed by atoms with E-state index in [4.69, 9.17) is 0 Å². The van der Waals surface area contributed by atoms with E-state index in [0.29, 0.717) is 6.04 Å². The second kappa shape index (κ2) is 7.63. The lowest BCUT2D eigenvalue weighted by Crippen LogP contribution is -2.52. The molecule has 0 radical (unpaired) electrons. The average Bonchev–Trinajstić information content (AvgIpc) is 2.41. The first-order valence-corrected chi connectivity index (χ1v) is 7.48. The van der Waals surface area contributed by atoms with Crippen LogP contribution < -0.4 is 10.6 Å². The van der Waals surface area contributed by atoms with Crippen molar-refractivity contribution in [1.29, 1.82) is 0 Å². The van der Waals surface area contributed by atoms with Gasteiger partial charge in [-0.15, -0.1) is 0 Å². The van der Waals surface area contributed by atoms with Crippen LogP contribution in [0.1, 0.15) is 24.5 Å². The second-order valence-electron chi connectivity index (χ2n) is 5.61. The standard InChI is InChI=1S/C16H27N3/c1-3-4-14-5-7-15(8-6-14)11-17-12-16-13-19(2)10-9-18-16/h5-8,16-18H,3-4,9-13H2,1-2H3. The fraction of sp³-hybridized carbons (Fsp3) is 0.625. The quantitative estimate of drug-likeness (QED) is 0.815. The molecule has 1 fully saturated rings. The molecule has 2 rings (SSSR count). The summed E-state index contributed by atoms with van der Waals surface area (Å²) in [6.07, 6.45) is 2.41. The molecule has 3 nitrogen and oxygen atoms in total. The van der Waals surface area contributed by atoms with Gasteiger partial charge in [-0.3, -0.25) is 0 Å². The molecule has 0 aromatic heterocycles. The SMILES string of the molecule is CCCc1ccc(CNCC2CN(C)CCN2)cc1. The van der Waals surface area contributed by atoms with Crippen LogP contribution in [0.2, 0.25) is 0 Å². The van der Waals surface area contributed by atoms with Crippen LogP contribution in [0.25, 0.3) is 0 Å². The molecule has 1 unspecified atom stereocenters. The number of nitrogens with zero attached hydrogens (tertiary/aromatic N) is 1. The Morgan fingerprint density at radius 3 is 2.68 bits per heavy atom. The van der Waals surface area contributed by atoms with E-state index in [9.17, 15) is 0 Å². The minimum Gasteiger partial charge on any atom is -0.311 e. The van der Waals surface area contributed by atoms with Crippen LogP contribution in [0.4, 0.5) is 0 Å². The van der Waals surface area contributed by atoms with E-state index in [1.807, 2.05) is 0 Å². The third kappa shape index (κ3) is 4.94. The lowest BCUT2D eigenvalue weighted by atomic mass is 10.1. The summed E-state index contributed by atoms with van der Waals surface area (Å²) in [5.41, 5.74) is 2.82. The highest BCUT2D eigenvalue weighted by molar-refractivity contribution is 5.22. The predicted octanol–water partition coefficient (Wildman–Crippen LogP) is 1.63. The van der Waals surface area contributed by atoms with Crippen molar-refractivity contribution in [2.45, 2.75) is 32.4 Å². The van der Waals surface area contributed by atoms with Crippen molar-refractivity contribution in [2.24, 2.45) is 0 Å². The lowest BCUT2D eigenvalue weighted by molar-refractivity contribution is 0.235. The third-order valence-electron chi connectivity index (χ3n) is 3.74. The van der Waals surface area contributed by atoms with Gasteiger partial charge in [-0.2, -0.15) is 0 Å². The van der Waals surface area contributed by atoms with E-state index < -0.39 is 0 Å². The summed E-state index contributed by atoms with van der Waals surface area (Å²) < 4.78 is 0. The molecule has 0 amide bonds. The molecule has 0 aliphatic carbocycles. The van der Waals surface area contributed by atoms with E-state index in [-0.39, 0.29) is 0 Å². The number of aryl methyl sites for hydroxylation is 1. The summed E-state index contributed by atoms with van der Waals surface area (Å²) in [6.45, 7) is 7.64. The van der Waals surface area contributed by atoms with Gasteiger partial charge in [0, 0.05) is 38.8 Å². The average molecular weight is 261 g/mol. The number of benzene rings is 1. The minimum atomic E-state index is 0.582. The number of piperazine rings is 1. The Hall–Kier alpha value is -0.900. The number of hydrogen-bond acceptors (Lipinski definition) is 3. The summed E-state index contributed by atoms with van der Waals surface area (Å²) in [5, 5.41) is 7.11. The summed E-state index contributed by atoms with van der Waals surface area (Å²) in [7, 11) is 2.19. The fourth-order valence-electron chi connectivity index (χ4n) is 2.63. The van der Waals surface area contributed by atoms with Gasteiger partial charge in [0.25, 0.3) is 0 Å². The van der Waals surface area contributed by atoms with Crippen molar-refractivity contribution < 1.29 is 0 Å². The normalized spacial score (nSPS) is 20.6. The molecule has 1 aliphatic heterocycles. The van der Waals surface area contributed by atoms with Crippen molar-refractivity contribution in [3.05, 3.63) is 35.4 Å². The van der Waals surface area contributed by atoms with Gasteiger partial charge < -0.3 is 15.5 Å². The van der Waals surface area contributed by atoms with Crippen molar-refractivity contribution in [2.75, 3.05) is 33.2 Å². The zero-order valence-corrected chi connectivity index (χ0v) is 12.3. The molecule has 0 spiro atoms. The molecule has 1 atom stereocenters. The summed E-state index contributed by atoms with van der Waals surface area (Å²) in [5.74, 6) is 0. The van der Waals surface area contributed by atoms with Gasteiger partial charge in [0.05, 0.1) is 0 Å². The van der Waals surface area contributed by atoms with Gasteiger partial charge in [-0.25, -0.2) is 0 Å². The van der Waals surface area contributed by atoms with Gasteiger partial charge in [-0.1, -0.05) is 37.6 Å². The largest absolute Gasteiger partial charge is 0.311 e. The highest BCUT2D eigenvalue weighted by atomic mass is 15.2. The van der Waals surface area contributed by atoms with Crippen LogP contribution >= 0.6 is 0 Å². The van der Waals surface area contributed by atoms with Crippen molar-refractivity contribution in [3.63, 3.8) is 0 Å². The second-order valence-corrected chi connectivity index (χ2v) is 5.61. The molecule has 19 heavy (non-hydrogen) atoms. The molecule has 106 valence electrons. The summed E-state index contributed by atoms with van der Waals surface area (Å²) in [6, 6.07) is 9.59. The Balaban J connectivity index is 1.70. The minimum absolute atomic E-state index is 0.582. The van der Waals surface area contributed by atoms with Crippen LogP contribution in [-0.2, 0) is 13.0 Å². The smallest absolute Gasteiger partial charge is 0.0320 e. The maximum Gasteiger partial charge on any atom is 0.0320 e. The third-order valence-corrected chi connectivity index (χ3v) is 3.74. The number of nitrogens with one attached hydrogen (secondary N) is 2. The van der Waals surface area contributed by atoms with Crippen molar-refractivity contribution in [3.8, 4) is 0 Å².